The summed E-state index contributed by atoms with van der Waals surface area (Å²) < 4.78 is 5.59. The highest BCUT2D eigenvalue weighted by Crippen LogP contribution is 2.45. The number of nitrogens with two attached hydrogens (primary N) is 1. The fourth-order valence-corrected chi connectivity index (χ4v) is 4.10. The Hall–Kier alpha value is -1.02. The SMILES string of the molecule is COc1ccc(C)cc1C(CN)C1CCC(C(C)(C)C)CC1. The second-order valence-corrected chi connectivity index (χ2v) is 8.07. The van der Waals surface area contributed by atoms with E-state index in [0.717, 1.165) is 11.7 Å². The molecule has 1 unspecified atom stereocenters. The van der Waals surface area contributed by atoms with E-state index >= 15 is 0 Å². The first-order valence-electron chi connectivity index (χ1n) is 8.71. The highest BCUT2D eigenvalue weighted by molar-refractivity contribution is 5.40. The molecule has 22 heavy (non-hydrogen) atoms. The Kier molecular flexibility index (Phi) is 5.55. The van der Waals surface area contributed by atoms with Crippen molar-refractivity contribution in [1.82, 2.24) is 0 Å². The van der Waals surface area contributed by atoms with Gasteiger partial charge in [0.2, 0.25) is 0 Å². The van der Waals surface area contributed by atoms with Gasteiger partial charge in [-0.2, -0.15) is 0 Å². The largest absolute Gasteiger partial charge is 0.496 e. The minimum Gasteiger partial charge on any atom is -0.496 e. The molecule has 124 valence electrons. The molecular formula is C20H33NO. The van der Waals surface area contributed by atoms with Crippen LogP contribution in [0.2, 0.25) is 0 Å². The molecule has 1 saturated carbocycles. The van der Waals surface area contributed by atoms with Gasteiger partial charge in [-0.1, -0.05) is 38.5 Å². The predicted octanol–water partition coefficient (Wildman–Crippen LogP) is 4.90. The fraction of sp³-hybridized carbons (Fsp3) is 0.700. The van der Waals surface area contributed by atoms with E-state index in [0.29, 0.717) is 23.8 Å². The van der Waals surface area contributed by atoms with Crippen LogP contribution in [0.1, 0.15) is 63.5 Å². The molecular weight excluding hydrogens is 270 g/mol. The van der Waals surface area contributed by atoms with Gasteiger partial charge in [0.1, 0.15) is 5.75 Å². The summed E-state index contributed by atoms with van der Waals surface area (Å²) >= 11 is 0. The summed E-state index contributed by atoms with van der Waals surface area (Å²) in [5.74, 6) is 2.97. The number of hydrogen-bond donors (Lipinski definition) is 1. The van der Waals surface area contributed by atoms with Crippen molar-refractivity contribution in [1.29, 1.82) is 0 Å². The highest BCUT2D eigenvalue weighted by atomic mass is 16.5. The van der Waals surface area contributed by atoms with Crippen molar-refractivity contribution in [3.63, 3.8) is 0 Å². The van der Waals surface area contributed by atoms with Gasteiger partial charge in [-0.15, -0.1) is 0 Å². The lowest BCUT2D eigenvalue weighted by atomic mass is 9.66. The molecule has 1 aromatic carbocycles. The number of methoxy groups -OCH3 is 1. The van der Waals surface area contributed by atoms with E-state index in [1.165, 1.54) is 36.8 Å². The second-order valence-electron chi connectivity index (χ2n) is 8.07. The Bertz CT molecular complexity index is 481. The average molecular weight is 303 g/mol. The summed E-state index contributed by atoms with van der Waals surface area (Å²) in [7, 11) is 1.76. The Morgan fingerprint density at radius 1 is 1.18 bits per heavy atom. The molecule has 1 fully saturated rings. The van der Waals surface area contributed by atoms with E-state index in [-0.39, 0.29) is 0 Å². The molecule has 0 radical (unpaired) electrons. The minimum absolute atomic E-state index is 0.427. The van der Waals surface area contributed by atoms with Crippen LogP contribution in [0.3, 0.4) is 0 Å². The van der Waals surface area contributed by atoms with Crippen LogP contribution in [0.5, 0.6) is 5.75 Å². The standard InChI is InChI=1S/C20H33NO/c1-14-6-11-19(22-5)17(12-14)18(13-21)15-7-9-16(10-8-15)20(2,3)4/h6,11-12,15-16,18H,7-10,13,21H2,1-5H3. The van der Waals surface area contributed by atoms with E-state index in [1.54, 1.807) is 7.11 Å². The zero-order valence-electron chi connectivity index (χ0n) is 15.0. The second kappa shape index (κ2) is 7.04. The molecule has 0 saturated heterocycles. The molecule has 1 aromatic rings. The van der Waals surface area contributed by atoms with Crippen molar-refractivity contribution in [2.45, 2.75) is 59.3 Å². The average Bonchev–Trinajstić information content (AvgIpc) is 2.48. The van der Waals surface area contributed by atoms with E-state index in [2.05, 4.69) is 45.9 Å². The first kappa shape index (κ1) is 17.3. The summed E-state index contributed by atoms with van der Waals surface area (Å²) in [6, 6.07) is 6.48. The van der Waals surface area contributed by atoms with E-state index in [4.69, 9.17) is 10.5 Å². The van der Waals surface area contributed by atoms with E-state index < -0.39 is 0 Å². The van der Waals surface area contributed by atoms with E-state index in [9.17, 15) is 0 Å². The van der Waals surface area contributed by atoms with Crippen molar-refractivity contribution in [2.75, 3.05) is 13.7 Å². The zero-order valence-corrected chi connectivity index (χ0v) is 15.0. The van der Waals surface area contributed by atoms with Crippen molar-refractivity contribution in [2.24, 2.45) is 23.0 Å². The van der Waals surface area contributed by atoms with Gasteiger partial charge in [0.05, 0.1) is 7.11 Å². The van der Waals surface area contributed by atoms with Crippen molar-refractivity contribution >= 4 is 0 Å². The van der Waals surface area contributed by atoms with Gasteiger partial charge in [-0.25, -0.2) is 0 Å². The Morgan fingerprint density at radius 2 is 1.82 bits per heavy atom. The molecule has 0 spiro atoms. The third-order valence-electron chi connectivity index (χ3n) is 5.60. The summed E-state index contributed by atoms with van der Waals surface area (Å²) in [5, 5.41) is 0. The lowest BCUT2D eigenvalue weighted by Crippen LogP contribution is -2.30. The Balaban J connectivity index is 2.15. The molecule has 1 aliphatic carbocycles. The topological polar surface area (TPSA) is 35.2 Å². The molecule has 1 atom stereocenters. The van der Waals surface area contributed by atoms with Crippen molar-refractivity contribution in [3.05, 3.63) is 29.3 Å². The van der Waals surface area contributed by atoms with Crippen LogP contribution >= 0.6 is 0 Å². The van der Waals surface area contributed by atoms with Crippen molar-refractivity contribution < 1.29 is 4.74 Å². The predicted molar refractivity (Wildman–Crippen MR) is 94.4 cm³/mol. The molecule has 0 heterocycles. The molecule has 0 aliphatic heterocycles. The van der Waals surface area contributed by atoms with Gasteiger partial charge in [-0.05, 0) is 68.0 Å². The summed E-state index contributed by atoms with van der Waals surface area (Å²) in [5.41, 5.74) is 9.21. The lowest BCUT2D eigenvalue weighted by molar-refractivity contribution is 0.139. The molecule has 2 N–H and O–H groups in total. The maximum Gasteiger partial charge on any atom is 0.122 e. The summed E-state index contributed by atoms with van der Waals surface area (Å²) in [4.78, 5) is 0. The molecule has 2 rings (SSSR count). The Morgan fingerprint density at radius 3 is 2.32 bits per heavy atom. The van der Waals surface area contributed by atoms with Crippen LogP contribution in [0.4, 0.5) is 0 Å². The lowest BCUT2D eigenvalue weighted by Gasteiger charge is -2.39. The molecule has 1 aliphatic rings. The van der Waals surface area contributed by atoms with Crippen LogP contribution in [0, 0.1) is 24.2 Å². The minimum atomic E-state index is 0.427. The summed E-state index contributed by atoms with van der Waals surface area (Å²) in [6.45, 7) is 9.99. The number of rotatable bonds is 4. The molecule has 2 nitrogen and oxygen atoms in total. The number of benzene rings is 1. The van der Waals surface area contributed by atoms with Crippen molar-refractivity contribution in [3.8, 4) is 5.75 Å². The van der Waals surface area contributed by atoms with Crippen LogP contribution in [0.25, 0.3) is 0 Å². The highest BCUT2D eigenvalue weighted by Gasteiger charge is 2.33. The number of aryl methyl sites for hydroxylation is 1. The quantitative estimate of drug-likeness (QED) is 0.858. The third kappa shape index (κ3) is 3.84. The molecule has 0 bridgehead atoms. The monoisotopic (exact) mass is 303 g/mol. The van der Waals surface area contributed by atoms with Gasteiger partial charge >= 0.3 is 0 Å². The zero-order chi connectivity index (χ0) is 16.3. The third-order valence-corrected chi connectivity index (χ3v) is 5.60. The fourth-order valence-electron chi connectivity index (χ4n) is 4.10. The number of ether oxygens (including phenoxy) is 1. The van der Waals surface area contributed by atoms with Gasteiger partial charge < -0.3 is 10.5 Å². The van der Waals surface area contributed by atoms with Gasteiger partial charge in [0, 0.05) is 5.92 Å². The normalized spacial score (nSPS) is 24.1. The Labute approximate surface area is 136 Å². The molecule has 2 heteroatoms. The van der Waals surface area contributed by atoms with E-state index in [1.807, 2.05) is 0 Å². The summed E-state index contributed by atoms with van der Waals surface area (Å²) in [6.07, 6.45) is 5.25. The van der Waals surface area contributed by atoms with Gasteiger partial charge in [0.25, 0.3) is 0 Å². The first-order chi connectivity index (χ1) is 10.4. The van der Waals surface area contributed by atoms with Crippen LogP contribution in [-0.2, 0) is 0 Å². The molecule has 0 aromatic heterocycles. The maximum absolute atomic E-state index is 6.17. The molecule has 0 amide bonds. The van der Waals surface area contributed by atoms with Gasteiger partial charge in [-0.3, -0.25) is 0 Å². The van der Waals surface area contributed by atoms with Crippen LogP contribution < -0.4 is 10.5 Å². The van der Waals surface area contributed by atoms with Crippen LogP contribution in [0.15, 0.2) is 18.2 Å². The maximum atomic E-state index is 6.17. The number of hydrogen-bond acceptors (Lipinski definition) is 2. The van der Waals surface area contributed by atoms with Crippen LogP contribution in [-0.4, -0.2) is 13.7 Å². The first-order valence-corrected chi connectivity index (χ1v) is 8.71. The smallest absolute Gasteiger partial charge is 0.122 e. The van der Waals surface area contributed by atoms with Gasteiger partial charge in [0.15, 0.2) is 0 Å².